The molecule has 0 amide bonds. The fraction of sp³-hybridized carbons (Fsp3) is 0.696. The van der Waals surface area contributed by atoms with Crippen LogP contribution in [0.15, 0.2) is 30.3 Å². The Morgan fingerprint density at radius 2 is 1.81 bits per heavy atom. The summed E-state index contributed by atoms with van der Waals surface area (Å²) in [6.45, 7) is 0.495. The molecule has 1 aromatic carbocycles. The van der Waals surface area contributed by atoms with Crippen molar-refractivity contribution in [3.63, 3.8) is 0 Å². The van der Waals surface area contributed by atoms with E-state index in [2.05, 4.69) is 0 Å². The molecular formula is C23H28O13S. The Labute approximate surface area is 211 Å². The zero-order valence-electron chi connectivity index (χ0n) is 19.7. The lowest BCUT2D eigenvalue weighted by molar-refractivity contribution is -0.393. The van der Waals surface area contributed by atoms with E-state index in [1.165, 1.54) is 0 Å². The minimum absolute atomic E-state index is 0.0301. The topological polar surface area (TPSA) is 199 Å². The Kier molecular flexibility index (Phi) is 5.46. The van der Waals surface area contributed by atoms with Crippen LogP contribution in [0, 0.1) is 11.3 Å². The highest BCUT2D eigenvalue weighted by atomic mass is 32.2. The van der Waals surface area contributed by atoms with Gasteiger partial charge in [-0.1, -0.05) is 18.2 Å². The van der Waals surface area contributed by atoms with Crippen LogP contribution in [0.2, 0.25) is 0 Å². The Hall–Kier alpha value is -1.72. The zero-order valence-corrected chi connectivity index (χ0v) is 20.5. The molecule has 3 saturated carbocycles. The number of carbonyl (C=O) groups excluding carboxylic acids is 1. The fourth-order valence-electron chi connectivity index (χ4n) is 7.17. The molecule has 8 rings (SSSR count). The number of esters is 1. The van der Waals surface area contributed by atoms with Gasteiger partial charge in [-0.2, -0.15) is 8.42 Å². The zero-order chi connectivity index (χ0) is 26.6. The van der Waals surface area contributed by atoms with Gasteiger partial charge in [-0.3, -0.25) is 4.55 Å². The molecule has 204 valence electrons. The maximum absolute atomic E-state index is 12.8. The van der Waals surface area contributed by atoms with Gasteiger partial charge in [0.2, 0.25) is 4.93 Å². The lowest BCUT2D eigenvalue weighted by atomic mass is 9.41. The molecule has 4 aliphatic heterocycles. The number of ether oxygens (including phenoxy) is 5. The molecule has 1 aromatic rings. The maximum atomic E-state index is 12.8. The second-order valence-electron chi connectivity index (χ2n) is 10.6. The smallest absolute Gasteiger partial charge is 0.338 e. The minimum Gasteiger partial charge on any atom is -0.461 e. The van der Waals surface area contributed by atoms with E-state index in [9.17, 15) is 38.2 Å². The predicted octanol–water partition coefficient (Wildman–Crippen LogP) is -1.46. The van der Waals surface area contributed by atoms with Crippen molar-refractivity contribution in [1.29, 1.82) is 0 Å². The van der Waals surface area contributed by atoms with Crippen LogP contribution in [0.25, 0.3) is 0 Å². The van der Waals surface area contributed by atoms with Gasteiger partial charge in [0.25, 0.3) is 10.1 Å². The molecule has 7 fully saturated rings. The van der Waals surface area contributed by atoms with E-state index < -0.39 is 93.8 Å². The van der Waals surface area contributed by atoms with Crippen molar-refractivity contribution >= 4 is 16.1 Å². The van der Waals surface area contributed by atoms with Gasteiger partial charge in [0.1, 0.15) is 42.2 Å². The third-order valence-electron chi connectivity index (χ3n) is 8.98. The molecule has 5 N–H and O–H groups in total. The molecule has 0 aromatic heterocycles. The van der Waals surface area contributed by atoms with Crippen molar-refractivity contribution < 1.29 is 61.9 Å². The molecule has 13 nitrogen and oxygen atoms in total. The maximum Gasteiger partial charge on any atom is 0.338 e. The summed E-state index contributed by atoms with van der Waals surface area (Å²) in [5, 5.41) is 40.6. The first-order valence-corrected chi connectivity index (χ1v) is 13.3. The molecular weight excluding hydrogens is 516 g/mol. The summed E-state index contributed by atoms with van der Waals surface area (Å²) in [6, 6.07) is 8.13. The van der Waals surface area contributed by atoms with Gasteiger partial charge >= 0.3 is 5.97 Å². The molecule has 4 saturated heterocycles. The molecule has 0 radical (unpaired) electrons. The summed E-state index contributed by atoms with van der Waals surface area (Å²) < 4.78 is 64.8. The van der Waals surface area contributed by atoms with Crippen LogP contribution < -0.4 is 0 Å². The van der Waals surface area contributed by atoms with Gasteiger partial charge in [0, 0.05) is 12.3 Å². The van der Waals surface area contributed by atoms with Gasteiger partial charge in [0.15, 0.2) is 12.6 Å². The first-order valence-electron chi connectivity index (χ1n) is 11.9. The largest absolute Gasteiger partial charge is 0.461 e. The molecule has 14 heteroatoms. The van der Waals surface area contributed by atoms with Crippen molar-refractivity contribution in [2.75, 3.05) is 13.2 Å². The Bertz CT molecular complexity index is 1210. The first kappa shape index (κ1) is 25.6. The van der Waals surface area contributed by atoms with Gasteiger partial charge in [-0.25, -0.2) is 4.79 Å². The molecule has 3 unspecified atom stereocenters. The lowest BCUT2D eigenvalue weighted by Crippen LogP contribution is -2.81. The Morgan fingerprint density at radius 3 is 2.46 bits per heavy atom. The van der Waals surface area contributed by atoms with Crippen LogP contribution in [0.1, 0.15) is 30.1 Å². The second kappa shape index (κ2) is 7.91. The van der Waals surface area contributed by atoms with Gasteiger partial charge in [-0.15, -0.1) is 0 Å². The van der Waals surface area contributed by atoms with Crippen molar-refractivity contribution in [1.82, 2.24) is 0 Å². The number of benzene rings is 1. The number of carbonyl (C=O) groups is 1. The molecule has 7 aliphatic rings. The number of rotatable bonds is 7. The van der Waals surface area contributed by atoms with Crippen LogP contribution in [0.4, 0.5) is 0 Å². The van der Waals surface area contributed by atoms with Crippen molar-refractivity contribution in [2.45, 2.75) is 72.9 Å². The van der Waals surface area contributed by atoms with Crippen molar-refractivity contribution in [3.8, 4) is 0 Å². The number of hydrogen-bond acceptors (Lipinski definition) is 12. The number of hydrogen-bond donors (Lipinski definition) is 5. The average Bonchev–Trinajstić information content (AvgIpc) is 3.07. The van der Waals surface area contributed by atoms with E-state index in [0.29, 0.717) is 0 Å². The molecule has 6 bridgehead atoms. The van der Waals surface area contributed by atoms with Crippen LogP contribution in [-0.4, -0.2) is 106 Å². The molecule has 11 atom stereocenters. The van der Waals surface area contributed by atoms with E-state index >= 15 is 0 Å². The van der Waals surface area contributed by atoms with Crippen LogP contribution >= 0.6 is 0 Å². The predicted molar refractivity (Wildman–Crippen MR) is 118 cm³/mol. The Balaban J connectivity index is 1.38. The van der Waals surface area contributed by atoms with Gasteiger partial charge in [-0.05, 0) is 25.5 Å². The average molecular weight is 545 g/mol. The highest BCUT2D eigenvalue weighted by Crippen LogP contribution is 2.83. The molecule has 3 aliphatic carbocycles. The summed E-state index contributed by atoms with van der Waals surface area (Å²) in [5.74, 6) is -1.58. The number of aliphatic hydroxyl groups excluding tert-OH is 4. The van der Waals surface area contributed by atoms with E-state index in [1.807, 2.05) is 0 Å². The SMILES string of the molecule is C[C@@]12CC3(S(=O)(=O)O)OC(O1)C1(COC(=O)c4ccccc4)[C@H]3C[C@@]12O[C@@H]1O[C@H](CO)[C@@H](O)[C@H](O)[C@H]1O. The van der Waals surface area contributed by atoms with Gasteiger partial charge in [0.05, 0.1) is 17.6 Å². The van der Waals surface area contributed by atoms with Crippen molar-refractivity contribution in [2.24, 2.45) is 11.3 Å². The quantitative estimate of drug-likeness (QED) is 0.197. The lowest BCUT2D eigenvalue weighted by Gasteiger charge is -2.68. The minimum atomic E-state index is -4.76. The summed E-state index contributed by atoms with van der Waals surface area (Å²) in [4.78, 5) is 10.8. The van der Waals surface area contributed by atoms with Crippen molar-refractivity contribution in [3.05, 3.63) is 35.9 Å². The summed E-state index contributed by atoms with van der Waals surface area (Å²) in [7, 11) is -4.76. The van der Waals surface area contributed by atoms with E-state index in [4.69, 9.17) is 23.7 Å². The highest BCUT2D eigenvalue weighted by molar-refractivity contribution is 7.87. The first-order chi connectivity index (χ1) is 17.4. The van der Waals surface area contributed by atoms with E-state index in [0.717, 1.165) is 0 Å². The third-order valence-corrected chi connectivity index (χ3v) is 10.4. The van der Waals surface area contributed by atoms with Crippen LogP contribution in [-0.2, 0) is 33.8 Å². The molecule has 0 spiro atoms. The Morgan fingerprint density at radius 1 is 1.11 bits per heavy atom. The van der Waals surface area contributed by atoms with Gasteiger partial charge < -0.3 is 44.1 Å². The van der Waals surface area contributed by atoms with Crippen LogP contribution in [0.5, 0.6) is 0 Å². The summed E-state index contributed by atoms with van der Waals surface area (Å²) >= 11 is 0. The third kappa shape index (κ3) is 2.99. The standard InChI is InChI=1S/C23H28O13S/c1-20-9-22(37(29,30)31)13-7-23(20,34-18-16(27)15(26)14(25)12(8-24)33-18)21(13,19(35-20)36-22)10-32-17(28)11-5-3-2-4-6-11/h2-6,12-16,18-19,24-27H,7-10H2,1H3,(H,29,30,31)/t12-,13-,14-,15+,16-,18+,19?,20+,21?,22?,23+/m1/s1. The second-order valence-corrected chi connectivity index (χ2v) is 12.3. The normalized spacial score (nSPS) is 49.6. The van der Waals surface area contributed by atoms with E-state index in [1.54, 1.807) is 37.3 Å². The summed E-state index contributed by atoms with van der Waals surface area (Å²) in [6.07, 6.45) is -9.44. The van der Waals surface area contributed by atoms with E-state index in [-0.39, 0.29) is 18.4 Å². The number of aliphatic hydroxyl groups is 4. The summed E-state index contributed by atoms with van der Waals surface area (Å²) in [5.41, 5.74) is -4.01. The molecule has 4 heterocycles. The highest BCUT2D eigenvalue weighted by Gasteiger charge is 2.96. The monoisotopic (exact) mass is 544 g/mol. The fourth-order valence-corrected chi connectivity index (χ4v) is 8.49. The molecule has 37 heavy (non-hydrogen) atoms. The van der Waals surface area contributed by atoms with Crippen LogP contribution in [0.3, 0.4) is 0 Å².